The van der Waals surface area contributed by atoms with Gasteiger partial charge in [-0.1, -0.05) is 19.9 Å². The zero-order valence-corrected chi connectivity index (χ0v) is 11.8. The SMILES string of the molecule is CC(C)C(=O)NC1CCCN(c2cccc(F)c2F)C1. The van der Waals surface area contributed by atoms with E-state index in [1.807, 2.05) is 13.8 Å². The van der Waals surface area contributed by atoms with Crippen molar-refractivity contribution in [1.29, 1.82) is 0 Å². The summed E-state index contributed by atoms with van der Waals surface area (Å²) < 4.78 is 27.1. The van der Waals surface area contributed by atoms with Crippen LogP contribution < -0.4 is 10.2 Å². The zero-order chi connectivity index (χ0) is 14.7. The molecule has 1 aliphatic rings. The third kappa shape index (κ3) is 3.26. The molecule has 1 fully saturated rings. The number of anilines is 1. The van der Waals surface area contributed by atoms with Crippen LogP contribution in [0.5, 0.6) is 0 Å². The van der Waals surface area contributed by atoms with Crippen LogP contribution in [0.4, 0.5) is 14.5 Å². The molecule has 1 saturated heterocycles. The van der Waals surface area contributed by atoms with Crippen LogP contribution >= 0.6 is 0 Å². The maximum atomic E-state index is 13.8. The maximum absolute atomic E-state index is 13.8. The number of benzene rings is 1. The fraction of sp³-hybridized carbons (Fsp3) is 0.533. The Bertz CT molecular complexity index is 491. The van der Waals surface area contributed by atoms with Crippen molar-refractivity contribution in [2.75, 3.05) is 18.0 Å². The number of carbonyl (C=O) groups excluding carboxylic acids is 1. The van der Waals surface area contributed by atoms with E-state index < -0.39 is 11.6 Å². The summed E-state index contributed by atoms with van der Waals surface area (Å²) in [5, 5.41) is 2.96. The smallest absolute Gasteiger partial charge is 0.222 e. The van der Waals surface area contributed by atoms with Gasteiger partial charge in [-0.2, -0.15) is 0 Å². The van der Waals surface area contributed by atoms with Crippen LogP contribution in [0.2, 0.25) is 0 Å². The highest BCUT2D eigenvalue weighted by Crippen LogP contribution is 2.24. The van der Waals surface area contributed by atoms with Gasteiger partial charge in [-0.3, -0.25) is 4.79 Å². The van der Waals surface area contributed by atoms with Crippen molar-refractivity contribution in [2.24, 2.45) is 5.92 Å². The predicted molar refractivity (Wildman–Crippen MR) is 74.6 cm³/mol. The first kappa shape index (κ1) is 14.8. The Morgan fingerprint density at radius 2 is 2.15 bits per heavy atom. The minimum absolute atomic E-state index is 0.00318. The van der Waals surface area contributed by atoms with Crippen molar-refractivity contribution in [2.45, 2.75) is 32.7 Å². The third-order valence-electron chi connectivity index (χ3n) is 3.56. The summed E-state index contributed by atoms with van der Waals surface area (Å²) in [4.78, 5) is 13.5. The highest BCUT2D eigenvalue weighted by molar-refractivity contribution is 5.78. The monoisotopic (exact) mass is 282 g/mol. The molecule has 0 bridgehead atoms. The van der Waals surface area contributed by atoms with Crippen molar-refractivity contribution >= 4 is 11.6 Å². The molecule has 0 aromatic heterocycles. The summed E-state index contributed by atoms with van der Waals surface area (Å²) in [6.07, 6.45) is 1.71. The second kappa shape index (κ2) is 6.20. The number of nitrogens with one attached hydrogen (secondary N) is 1. The van der Waals surface area contributed by atoms with Gasteiger partial charge in [0.1, 0.15) is 0 Å². The molecule has 1 N–H and O–H groups in total. The van der Waals surface area contributed by atoms with E-state index in [0.29, 0.717) is 13.1 Å². The van der Waals surface area contributed by atoms with Crippen LogP contribution in [-0.4, -0.2) is 25.0 Å². The van der Waals surface area contributed by atoms with Crippen LogP contribution in [-0.2, 0) is 4.79 Å². The Hall–Kier alpha value is -1.65. The van der Waals surface area contributed by atoms with Crippen molar-refractivity contribution in [3.63, 3.8) is 0 Å². The summed E-state index contributed by atoms with van der Waals surface area (Å²) in [6.45, 7) is 4.86. The fourth-order valence-corrected chi connectivity index (χ4v) is 2.42. The normalized spacial score (nSPS) is 19.2. The first-order chi connectivity index (χ1) is 9.49. The Kier molecular flexibility index (Phi) is 4.57. The van der Waals surface area contributed by atoms with Gasteiger partial charge in [0.05, 0.1) is 5.69 Å². The van der Waals surface area contributed by atoms with Crippen molar-refractivity contribution in [1.82, 2.24) is 5.32 Å². The topological polar surface area (TPSA) is 32.3 Å². The van der Waals surface area contributed by atoms with E-state index in [1.165, 1.54) is 6.07 Å². The molecule has 1 aromatic carbocycles. The van der Waals surface area contributed by atoms with Crippen LogP contribution in [0.25, 0.3) is 0 Å². The molecule has 1 unspecified atom stereocenters. The van der Waals surface area contributed by atoms with E-state index in [2.05, 4.69) is 5.32 Å². The first-order valence-electron chi connectivity index (χ1n) is 6.98. The maximum Gasteiger partial charge on any atom is 0.222 e. The summed E-state index contributed by atoms with van der Waals surface area (Å²) in [7, 11) is 0. The lowest BCUT2D eigenvalue weighted by molar-refractivity contribution is -0.124. The van der Waals surface area contributed by atoms with Gasteiger partial charge in [-0.25, -0.2) is 8.78 Å². The average molecular weight is 282 g/mol. The van der Waals surface area contributed by atoms with E-state index in [1.54, 1.807) is 11.0 Å². The van der Waals surface area contributed by atoms with Crippen molar-refractivity contribution < 1.29 is 13.6 Å². The molecule has 3 nitrogen and oxygen atoms in total. The van der Waals surface area contributed by atoms with Crippen LogP contribution in [0, 0.1) is 17.6 Å². The molecule has 1 atom stereocenters. The molecule has 110 valence electrons. The average Bonchev–Trinajstić information content (AvgIpc) is 2.42. The number of hydrogen-bond acceptors (Lipinski definition) is 2. The zero-order valence-electron chi connectivity index (χ0n) is 11.8. The van der Waals surface area contributed by atoms with E-state index >= 15 is 0 Å². The summed E-state index contributed by atoms with van der Waals surface area (Å²) >= 11 is 0. The minimum Gasteiger partial charge on any atom is -0.367 e. The molecule has 20 heavy (non-hydrogen) atoms. The van der Waals surface area contributed by atoms with Gasteiger partial charge in [0.15, 0.2) is 11.6 Å². The van der Waals surface area contributed by atoms with Gasteiger partial charge in [-0.15, -0.1) is 0 Å². The predicted octanol–water partition coefficient (Wildman–Crippen LogP) is 2.71. The third-order valence-corrected chi connectivity index (χ3v) is 3.56. The number of hydrogen-bond donors (Lipinski definition) is 1. The van der Waals surface area contributed by atoms with E-state index in [4.69, 9.17) is 0 Å². The van der Waals surface area contributed by atoms with E-state index in [9.17, 15) is 13.6 Å². The highest BCUT2D eigenvalue weighted by Gasteiger charge is 2.24. The molecular weight excluding hydrogens is 262 g/mol. The van der Waals surface area contributed by atoms with Gasteiger partial charge in [-0.05, 0) is 25.0 Å². The lowest BCUT2D eigenvalue weighted by atomic mass is 10.0. The Morgan fingerprint density at radius 1 is 1.40 bits per heavy atom. The molecule has 1 aromatic rings. The van der Waals surface area contributed by atoms with E-state index in [0.717, 1.165) is 18.9 Å². The molecule has 1 aliphatic heterocycles. The first-order valence-corrected chi connectivity index (χ1v) is 6.98. The lowest BCUT2D eigenvalue weighted by Crippen LogP contribution is -2.49. The fourth-order valence-electron chi connectivity index (χ4n) is 2.42. The molecule has 5 heteroatoms. The summed E-state index contributed by atoms with van der Waals surface area (Å²) in [6, 6.07) is 4.18. The van der Waals surface area contributed by atoms with Gasteiger partial charge >= 0.3 is 0 Å². The molecule has 2 rings (SSSR count). The Balaban J connectivity index is 2.07. The molecule has 1 amide bonds. The minimum atomic E-state index is -0.837. The quantitative estimate of drug-likeness (QED) is 0.924. The molecule has 0 aliphatic carbocycles. The highest BCUT2D eigenvalue weighted by atomic mass is 19.2. The number of piperidine rings is 1. The number of carbonyl (C=O) groups is 1. The standard InChI is InChI=1S/C15H20F2N2O/c1-10(2)15(20)18-11-5-4-8-19(9-11)13-7-3-6-12(16)14(13)17/h3,6-7,10-11H,4-5,8-9H2,1-2H3,(H,18,20). The van der Waals surface area contributed by atoms with E-state index in [-0.39, 0.29) is 23.6 Å². The second-order valence-electron chi connectivity index (χ2n) is 5.52. The van der Waals surface area contributed by atoms with Gasteiger partial charge in [0.2, 0.25) is 5.91 Å². The Labute approximate surface area is 118 Å². The molecule has 0 spiro atoms. The largest absolute Gasteiger partial charge is 0.367 e. The number of halogens is 2. The van der Waals surface area contributed by atoms with Crippen LogP contribution in [0.15, 0.2) is 18.2 Å². The van der Waals surface area contributed by atoms with Crippen molar-refractivity contribution in [3.8, 4) is 0 Å². The Morgan fingerprint density at radius 3 is 2.85 bits per heavy atom. The second-order valence-corrected chi connectivity index (χ2v) is 5.52. The van der Waals surface area contributed by atoms with Gasteiger partial charge in [0.25, 0.3) is 0 Å². The molecular formula is C15H20F2N2O. The lowest BCUT2D eigenvalue weighted by Gasteiger charge is -2.35. The van der Waals surface area contributed by atoms with Gasteiger partial charge < -0.3 is 10.2 Å². The number of nitrogens with zero attached hydrogens (tertiary/aromatic N) is 1. The summed E-state index contributed by atoms with van der Waals surface area (Å²) in [5.74, 6) is -1.73. The number of amides is 1. The van der Waals surface area contributed by atoms with Gasteiger partial charge in [0, 0.05) is 25.0 Å². The summed E-state index contributed by atoms with van der Waals surface area (Å²) in [5.41, 5.74) is 0.272. The van der Waals surface area contributed by atoms with Crippen LogP contribution in [0.1, 0.15) is 26.7 Å². The molecule has 0 saturated carbocycles. The molecule has 1 heterocycles. The van der Waals surface area contributed by atoms with Crippen LogP contribution in [0.3, 0.4) is 0 Å². The number of rotatable bonds is 3. The molecule has 0 radical (unpaired) electrons. The van der Waals surface area contributed by atoms with Crippen molar-refractivity contribution in [3.05, 3.63) is 29.8 Å².